The summed E-state index contributed by atoms with van der Waals surface area (Å²) in [6.07, 6.45) is 2.23. The summed E-state index contributed by atoms with van der Waals surface area (Å²) in [7, 11) is 0. The molecule has 0 saturated carbocycles. The third-order valence-corrected chi connectivity index (χ3v) is 6.32. The van der Waals surface area contributed by atoms with Gasteiger partial charge in [0.2, 0.25) is 0 Å². The van der Waals surface area contributed by atoms with E-state index in [-0.39, 0.29) is 11.7 Å². The number of aromatic nitrogens is 1. The van der Waals surface area contributed by atoms with Crippen LogP contribution in [-0.4, -0.2) is 34.3 Å². The van der Waals surface area contributed by atoms with Crippen molar-refractivity contribution >= 4 is 28.2 Å². The van der Waals surface area contributed by atoms with Crippen LogP contribution in [0.1, 0.15) is 35.1 Å². The number of H-pyrrole nitrogens is 1. The summed E-state index contributed by atoms with van der Waals surface area (Å²) in [5.41, 5.74) is 5.05. The lowest BCUT2D eigenvalue weighted by atomic mass is 10.0. The van der Waals surface area contributed by atoms with E-state index in [1.54, 1.807) is 0 Å². The second-order valence-corrected chi connectivity index (χ2v) is 8.69. The first-order valence-electron chi connectivity index (χ1n) is 10.8. The Labute approximate surface area is 188 Å². The molecule has 0 radical (unpaired) electrons. The van der Waals surface area contributed by atoms with Crippen LogP contribution >= 0.6 is 12.2 Å². The van der Waals surface area contributed by atoms with Crippen LogP contribution in [0.2, 0.25) is 0 Å². The van der Waals surface area contributed by atoms with E-state index in [1.807, 2.05) is 30.3 Å². The van der Waals surface area contributed by atoms with Crippen LogP contribution in [0.5, 0.6) is 0 Å². The van der Waals surface area contributed by atoms with E-state index in [0.29, 0.717) is 30.3 Å². The predicted molar refractivity (Wildman–Crippen MR) is 129 cm³/mol. The molecule has 0 amide bonds. The highest BCUT2D eigenvalue weighted by Gasteiger charge is 2.22. The maximum Gasteiger partial charge on any atom is 0.253 e. The van der Waals surface area contributed by atoms with E-state index in [1.165, 1.54) is 11.1 Å². The van der Waals surface area contributed by atoms with Crippen LogP contribution < -0.4 is 10.9 Å². The lowest BCUT2D eigenvalue weighted by Gasteiger charge is -2.28. The molecule has 0 spiro atoms. The smallest absolute Gasteiger partial charge is 0.253 e. The van der Waals surface area contributed by atoms with Gasteiger partial charge in [-0.1, -0.05) is 30.3 Å². The molecule has 1 aliphatic heterocycles. The largest absolute Gasteiger partial charge is 0.376 e. The summed E-state index contributed by atoms with van der Waals surface area (Å²) in [4.78, 5) is 17.9. The van der Waals surface area contributed by atoms with Gasteiger partial charge in [-0.25, -0.2) is 0 Å². The molecule has 1 atom stereocenters. The first-order valence-corrected chi connectivity index (χ1v) is 11.2. The molecule has 4 rings (SSSR count). The van der Waals surface area contributed by atoms with Gasteiger partial charge in [0.15, 0.2) is 5.11 Å². The Morgan fingerprint density at radius 2 is 1.97 bits per heavy atom. The molecule has 1 unspecified atom stereocenters. The van der Waals surface area contributed by atoms with Crippen molar-refractivity contribution in [3.63, 3.8) is 0 Å². The van der Waals surface area contributed by atoms with E-state index >= 15 is 0 Å². The Kier molecular flexibility index (Phi) is 6.68. The number of aryl methyl sites for hydroxylation is 2. The van der Waals surface area contributed by atoms with Gasteiger partial charge in [-0.3, -0.25) is 4.79 Å². The molecule has 5 nitrogen and oxygen atoms in total. The van der Waals surface area contributed by atoms with Crippen LogP contribution in [0.15, 0.2) is 53.3 Å². The van der Waals surface area contributed by atoms with Crippen molar-refractivity contribution in [1.29, 1.82) is 0 Å². The number of fused-ring (bicyclic) bond motifs is 1. The molecule has 1 fully saturated rings. The van der Waals surface area contributed by atoms with Gasteiger partial charge in [0.25, 0.3) is 5.56 Å². The average Bonchev–Trinajstić information content (AvgIpc) is 3.27. The van der Waals surface area contributed by atoms with Crippen LogP contribution in [0.4, 0.5) is 0 Å². The molecule has 1 aromatic heterocycles. The van der Waals surface area contributed by atoms with Crippen LogP contribution in [0.3, 0.4) is 0 Å². The van der Waals surface area contributed by atoms with Crippen LogP contribution in [0.25, 0.3) is 10.9 Å². The quantitative estimate of drug-likeness (QED) is 0.569. The maximum absolute atomic E-state index is 12.8. The molecule has 31 heavy (non-hydrogen) atoms. The molecule has 1 aliphatic rings. The van der Waals surface area contributed by atoms with Crippen molar-refractivity contribution < 1.29 is 4.74 Å². The number of benzene rings is 2. The Balaban J connectivity index is 1.56. The number of nitrogens with zero attached hydrogens (tertiary/aromatic N) is 1. The van der Waals surface area contributed by atoms with Gasteiger partial charge in [0.05, 0.1) is 12.6 Å². The first kappa shape index (κ1) is 21.5. The minimum Gasteiger partial charge on any atom is -0.376 e. The molecular weight excluding hydrogens is 406 g/mol. The summed E-state index contributed by atoms with van der Waals surface area (Å²) >= 11 is 5.73. The van der Waals surface area contributed by atoms with Crippen LogP contribution in [0, 0.1) is 13.8 Å². The number of pyridine rings is 1. The summed E-state index contributed by atoms with van der Waals surface area (Å²) in [5.74, 6) is 0. The third-order valence-electron chi connectivity index (χ3n) is 5.92. The molecule has 2 heterocycles. The Hall–Kier alpha value is -2.70. The molecular formula is C25H29N3O2S. The third kappa shape index (κ3) is 5.32. The van der Waals surface area contributed by atoms with E-state index < -0.39 is 0 Å². The van der Waals surface area contributed by atoms with E-state index in [9.17, 15) is 4.79 Å². The van der Waals surface area contributed by atoms with Gasteiger partial charge in [0, 0.05) is 30.8 Å². The highest BCUT2D eigenvalue weighted by molar-refractivity contribution is 7.80. The fourth-order valence-corrected chi connectivity index (χ4v) is 4.20. The van der Waals surface area contributed by atoms with Gasteiger partial charge in [-0.2, -0.15) is 0 Å². The van der Waals surface area contributed by atoms with Gasteiger partial charge < -0.3 is 19.9 Å². The zero-order chi connectivity index (χ0) is 21.8. The standard InChI is InChI=1S/C25H29N3O2S/c1-17-11-20-13-21(24(29)27-23(20)12-18(17)2)15-28(16-22-9-6-10-30-22)25(31)26-14-19-7-4-3-5-8-19/h3-5,7-8,11-13,22H,6,9-10,14-16H2,1-2H3,(H,26,31)(H,27,29). The zero-order valence-electron chi connectivity index (χ0n) is 18.1. The average molecular weight is 436 g/mol. The van der Waals surface area contributed by atoms with Crippen molar-refractivity contribution in [3.05, 3.63) is 81.1 Å². The Bertz CT molecular complexity index is 1120. The van der Waals surface area contributed by atoms with Crippen molar-refractivity contribution in [1.82, 2.24) is 15.2 Å². The number of aromatic amines is 1. The minimum absolute atomic E-state index is 0.0704. The fraction of sp³-hybridized carbons (Fsp3) is 0.360. The SMILES string of the molecule is Cc1cc2cc(CN(CC3CCCO3)C(=S)NCc3ccccc3)c(=O)[nH]c2cc1C. The molecule has 6 heteroatoms. The number of hydrogen-bond donors (Lipinski definition) is 2. The van der Waals surface area contributed by atoms with Crippen molar-refractivity contribution in [2.24, 2.45) is 0 Å². The second-order valence-electron chi connectivity index (χ2n) is 8.31. The lowest BCUT2D eigenvalue weighted by Crippen LogP contribution is -2.43. The topological polar surface area (TPSA) is 57.4 Å². The number of nitrogens with one attached hydrogen (secondary N) is 2. The number of thiocarbonyl (C=S) groups is 1. The minimum atomic E-state index is -0.0704. The zero-order valence-corrected chi connectivity index (χ0v) is 18.9. The van der Waals surface area contributed by atoms with E-state index in [2.05, 4.69) is 47.2 Å². The lowest BCUT2D eigenvalue weighted by molar-refractivity contribution is 0.0896. The second kappa shape index (κ2) is 9.62. The summed E-state index contributed by atoms with van der Waals surface area (Å²) in [5, 5.41) is 5.03. The van der Waals surface area contributed by atoms with E-state index in [0.717, 1.165) is 35.9 Å². The number of hydrogen-bond acceptors (Lipinski definition) is 3. The fourth-order valence-electron chi connectivity index (χ4n) is 3.98. The van der Waals surface area contributed by atoms with Gasteiger partial charge >= 0.3 is 0 Å². The molecule has 162 valence electrons. The first-order chi connectivity index (χ1) is 15.0. The Morgan fingerprint density at radius 3 is 2.71 bits per heavy atom. The van der Waals surface area contributed by atoms with Crippen molar-refractivity contribution in [2.45, 2.75) is 45.9 Å². The summed E-state index contributed by atoms with van der Waals surface area (Å²) in [6, 6.07) is 16.3. The summed E-state index contributed by atoms with van der Waals surface area (Å²) < 4.78 is 5.85. The van der Waals surface area contributed by atoms with Gasteiger partial charge in [-0.15, -0.1) is 0 Å². The monoisotopic (exact) mass is 435 g/mol. The molecule has 3 aromatic rings. The molecule has 0 bridgehead atoms. The van der Waals surface area contributed by atoms with Crippen LogP contribution in [-0.2, 0) is 17.8 Å². The molecule has 2 N–H and O–H groups in total. The number of rotatable bonds is 6. The molecule has 0 aliphatic carbocycles. The Morgan fingerprint density at radius 1 is 1.19 bits per heavy atom. The maximum atomic E-state index is 12.8. The summed E-state index contributed by atoms with van der Waals surface area (Å²) in [6.45, 7) is 6.70. The predicted octanol–water partition coefficient (Wildman–Crippen LogP) is 4.20. The van der Waals surface area contributed by atoms with Crippen molar-refractivity contribution in [2.75, 3.05) is 13.2 Å². The molecule has 2 aromatic carbocycles. The molecule has 1 saturated heterocycles. The van der Waals surface area contributed by atoms with E-state index in [4.69, 9.17) is 17.0 Å². The number of ether oxygens (including phenoxy) is 1. The van der Waals surface area contributed by atoms with Gasteiger partial charge in [-0.05, 0) is 79.2 Å². The normalized spacial score (nSPS) is 15.9. The van der Waals surface area contributed by atoms with Gasteiger partial charge in [0.1, 0.15) is 0 Å². The van der Waals surface area contributed by atoms with Crippen molar-refractivity contribution in [3.8, 4) is 0 Å². The highest BCUT2D eigenvalue weighted by Crippen LogP contribution is 2.19. The highest BCUT2D eigenvalue weighted by atomic mass is 32.1.